The number of carboxylic acid groups (broad SMARTS) is 1. The molecule has 0 spiro atoms. The fourth-order valence-electron chi connectivity index (χ4n) is 6.88. The average molecular weight is 470 g/mol. The molecule has 6 rings (SSSR count). The highest BCUT2D eigenvalue weighted by atomic mass is 35.5. The first-order valence-electron chi connectivity index (χ1n) is 12.4. The van der Waals surface area contributed by atoms with Gasteiger partial charge in [-0.2, -0.15) is 0 Å². The van der Waals surface area contributed by atoms with Gasteiger partial charge in [-0.1, -0.05) is 51.4 Å². The van der Waals surface area contributed by atoms with Crippen LogP contribution >= 0.6 is 11.6 Å². The topological polar surface area (TPSA) is 57.6 Å². The van der Waals surface area contributed by atoms with Gasteiger partial charge in [0.25, 0.3) is 0 Å². The monoisotopic (exact) mass is 469 g/mol. The van der Waals surface area contributed by atoms with Crippen LogP contribution in [-0.2, 0) is 21.4 Å². The molecule has 0 radical (unpaired) electrons. The average Bonchev–Trinajstić information content (AvgIpc) is 2.64. The molecule has 33 heavy (non-hydrogen) atoms. The van der Waals surface area contributed by atoms with Crippen molar-refractivity contribution in [1.29, 1.82) is 0 Å². The van der Waals surface area contributed by atoms with Crippen LogP contribution in [0, 0.1) is 16.7 Å². The molecule has 1 N–H and O–H groups in total. The Kier molecular flexibility index (Phi) is 5.11. The molecule has 1 amide bonds. The fraction of sp³-hybridized carbons (Fsp3) is 0.643. The van der Waals surface area contributed by atoms with Crippen molar-refractivity contribution in [2.45, 2.75) is 96.4 Å². The molecule has 0 aromatic heterocycles. The summed E-state index contributed by atoms with van der Waals surface area (Å²) in [6.45, 7) is 9.03. The van der Waals surface area contributed by atoms with E-state index in [4.69, 9.17) is 11.6 Å². The number of carbonyl (C=O) groups excluding carboxylic acids is 1. The van der Waals surface area contributed by atoms with Crippen LogP contribution in [0.15, 0.2) is 30.0 Å². The molecule has 178 valence electrons. The van der Waals surface area contributed by atoms with Gasteiger partial charge in [0, 0.05) is 23.1 Å². The number of carboxylic acids is 1. The van der Waals surface area contributed by atoms with Crippen molar-refractivity contribution in [2.75, 3.05) is 0 Å². The minimum Gasteiger partial charge on any atom is -0.481 e. The van der Waals surface area contributed by atoms with E-state index >= 15 is 0 Å². The van der Waals surface area contributed by atoms with E-state index in [-0.39, 0.29) is 22.3 Å². The number of nitrogens with zero attached hydrogens (tertiary/aromatic N) is 1. The Labute approximate surface area is 202 Å². The minimum atomic E-state index is -0.705. The molecular formula is C28H36ClNO3. The van der Waals surface area contributed by atoms with E-state index < -0.39 is 11.4 Å². The van der Waals surface area contributed by atoms with Crippen molar-refractivity contribution in [3.05, 3.63) is 46.1 Å². The molecule has 5 aliphatic rings. The third-order valence-corrected chi connectivity index (χ3v) is 9.32. The Hall–Kier alpha value is -1.81. The SMILES string of the molecule is CC1CC[C@@]2(c3ccc(CCC(C)(C)C)c(Cl)c3)CC(=O)N(C34CC(C(=O)O)(C3)C4)C=C2C1. The number of benzene rings is 1. The summed E-state index contributed by atoms with van der Waals surface area (Å²) in [5.41, 5.74) is 2.81. The van der Waals surface area contributed by atoms with Gasteiger partial charge in [0.15, 0.2) is 0 Å². The number of carbonyl (C=O) groups is 2. The maximum atomic E-state index is 13.5. The molecule has 4 aliphatic carbocycles. The first kappa shape index (κ1) is 23.0. The normalized spacial score (nSPS) is 35.3. The molecule has 4 fully saturated rings. The molecule has 1 aromatic rings. The molecule has 4 nitrogen and oxygen atoms in total. The van der Waals surface area contributed by atoms with E-state index in [2.05, 4.69) is 52.1 Å². The maximum absolute atomic E-state index is 13.5. The molecule has 2 atom stereocenters. The lowest BCUT2D eigenvalue weighted by Crippen LogP contribution is -2.77. The van der Waals surface area contributed by atoms with Gasteiger partial charge < -0.3 is 10.0 Å². The lowest BCUT2D eigenvalue weighted by molar-refractivity contribution is -0.224. The number of fused-ring (bicyclic) bond motifs is 1. The quantitative estimate of drug-likeness (QED) is 0.535. The van der Waals surface area contributed by atoms with Gasteiger partial charge in [0.2, 0.25) is 5.91 Å². The van der Waals surface area contributed by atoms with Gasteiger partial charge in [-0.25, -0.2) is 0 Å². The van der Waals surface area contributed by atoms with Crippen molar-refractivity contribution < 1.29 is 14.7 Å². The van der Waals surface area contributed by atoms with Gasteiger partial charge in [-0.05, 0) is 85.5 Å². The summed E-state index contributed by atoms with van der Waals surface area (Å²) in [6, 6.07) is 6.49. The number of halogens is 1. The molecule has 0 saturated heterocycles. The molecule has 1 aliphatic heterocycles. The summed E-state index contributed by atoms with van der Waals surface area (Å²) in [5.74, 6) is 0.0163. The summed E-state index contributed by atoms with van der Waals surface area (Å²) in [5, 5.41) is 10.3. The van der Waals surface area contributed by atoms with Crippen LogP contribution in [0.1, 0.15) is 90.2 Å². The molecule has 4 saturated carbocycles. The van der Waals surface area contributed by atoms with Crippen molar-refractivity contribution >= 4 is 23.5 Å². The van der Waals surface area contributed by atoms with Crippen molar-refractivity contribution in [3.63, 3.8) is 0 Å². The third-order valence-electron chi connectivity index (χ3n) is 8.97. The summed E-state index contributed by atoms with van der Waals surface area (Å²) in [6.07, 6.45) is 9.45. The van der Waals surface area contributed by atoms with E-state index in [0.29, 0.717) is 31.6 Å². The minimum absolute atomic E-state index is 0.139. The van der Waals surface area contributed by atoms with Gasteiger partial charge in [-0.3, -0.25) is 9.59 Å². The van der Waals surface area contributed by atoms with Gasteiger partial charge in [-0.15, -0.1) is 0 Å². The summed E-state index contributed by atoms with van der Waals surface area (Å²) in [4.78, 5) is 27.0. The van der Waals surface area contributed by atoms with Gasteiger partial charge in [0.1, 0.15) is 0 Å². The zero-order chi connectivity index (χ0) is 23.8. The van der Waals surface area contributed by atoms with E-state index in [9.17, 15) is 14.7 Å². The second kappa shape index (κ2) is 7.34. The number of aliphatic carboxylic acids is 1. The van der Waals surface area contributed by atoms with Crippen molar-refractivity contribution in [1.82, 2.24) is 4.90 Å². The second-order valence-corrected chi connectivity index (χ2v) is 13.1. The lowest BCUT2D eigenvalue weighted by atomic mass is 9.38. The van der Waals surface area contributed by atoms with Crippen LogP contribution in [0.2, 0.25) is 5.02 Å². The maximum Gasteiger partial charge on any atom is 0.309 e. The van der Waals surface area contributed by atoms with Crippen LogP contribution in [0.4, 0.5) is 0 Å². The number of hydrogen-bond acceptors (Lipinski definition) is 2. The van der Waals surface area contributed by atoms with Crippen LogP contribution in [-0.4, -0.2) is 27.4 Å². The number of allylic oxidation sites excluding steroid dienone is 1. The molecule has 2 bridgehead atoms. The highest BCUT2D eigenvalue weighted by Crippen LogP contribution is 2.71. The molecule has 1 unspecified atom stereocenters. The number of amides is 1. The predicted molar refractivity (Wildman–Crippen MR) is 130 cm³/mol. The molecule has 5 heteroatoms. The highest BCUT2D eigenvalue weighted by Gasteiger charge is 2.75. The Morgan fingerprint density at radius 3 is 2.55 bits per heavy atom. The zero-order valence-electron chi connectivity index (χ0n) is 20.3. The predicted octanol–water partition coefficient (Wildman–Crippen LogP) is 6.50. The van der Waals surface area contributed by atoms with Crippen LogP contribution in [0.5, 0.6) is 0 Å². The number of rotatable bonds is 5. The Morgan fingerprint density at radius 1 is 1.24 bits per heavy atom. The fourth-order valence-corrected chi connectivity index (χ4v) is 7.16. The standard InChI is InChI=1S/C28H36ClNO3/c1-18-7-10-28(20-6-5-19(22(29)12-20)8-9-25(2,3)4)13-23(31)30(14-21(28)11-18)27-15-26(16-27,17-27)24(32)33/h5-6,12,14,18H,7-11,13,15-17H2,1-4H3,(H,32,33)/t18?,26?,27?,28-/m0/s1. The van der Waals surface area contributed by atoms with Gasteiger partial charge in [0.05, 0.1) is 11.0 Å². The molecule has 1 aromatic carbocycles. The Morgan fingerprint density at radius 2 is 1.94 bits per heavy atom. The first-order chi connectivity index (χ1) is 15.4. The van der Waals surface area contributed by atoms with E-state index in [1.807, 2.05) is 4.90 Å². The first-order valence-corrected chi connectivity index (χ1v) is 12.8. The van der Waals surface area contributed by atoms with Gasteiger partial charge >= 0.3 is 5.97 Å². The third kappa shape index (κ3) is 3.55. The zero-order valence-corrected chi connectivity index (χ0v) is 21.1. The smallest absolute Gasteiger partial charge is 0.309 e. The van der Waals surface area contributed by atoms with Crippen molar-refractivity contribution in [3.8, 4) is 0 Å². The summed E-state index contributed by atoms with van der Waals surface area (Å²) in [7, 11) is 0. The Balaban J connectivity index is 1.45. The largest absolute Gasteiger partial charge is 0.481 e. The van der Waals surface area contributed by atoms with E-state index in [1.54, 1.807) is 0 Å². The van der Waals surface area contributed by atoms with Crippen molar-refractivity contribution in [2.24, 2.45) is 16.7 Å². The summed E-state index contributed by atoms with van der Waals surface area (Å²) < 4.78 is 0. The van der Waals surface area contributed by atoms with E-state index in [0.717, 1.165) is 42.7 Å². The molecular weight excluding hydrogens is 434 g/mol. The summed E-state index contributed by atoms with van der Waals surface area (Å²) >= 11 is 6.78. The number of aryl methyl sites for hydroxylation is 1. The number of hydrogen-bond donors (Lipinski definition) is 1. The lowest BCUT2D eigenvalue weighted by Gasteiger charge is -2.71. The van der Waals surface area contributed by atoms with E-state index in [1.165, 1.54) is 11.1 Å². The second-order valence-electron chi connectivity index (χ2n) is 12.7. The van der Waals surface area contributed by atoms with Crippen LogP contribution in [0.25, 0.3) is 0 Å². The molecule has 1 heterocycles. The highest BCUT2D eigenvalue weighted by molar-refractivity contribution is 6.31. The van der Waals surface area contributed by atoms with Crippen LogP contribution in [0.3, 0.4) is 0 Å². The Bertz CT molecular complexity index is 1030. The van der Waals surface area contributed by atoms with Crippen LogP contribution < -0.4 is 0 Å².